The molecule has 0 aliphatic heterocycles. The quantitative estimate of drug-likeness (QED) is 0.480. The molecule has 2 aromatic rings. The highest BCUT2D eigenvalue weighted by Crippen LogP contribution is 2.28. The third-order valence-corrected chi connectivity index (χ3v) is 3.19. The van der Waals surface area contributed by atoms with Gasteiger partial charge < -0.3 is 4.74 Å². The van der Waals surface area contributed by atoms with Crippen molar-refractivity contribution in [2.45, 2.75) is 6.42 Å². The molecule has 0 saturated carbocycles. The number of ketones is 1. The number of hydrogen-bond donors (Lipinski definition) is 0. The fourth-order valence-electron chi connectivity index (χ4n) is 1.94. The van der Waals surface area contributed by atoms with Crippen LogP contribution in [0.15, 0.2) is 42.5 Å². The van der Waals surface area contributed by atoms with Gasteiger partial charge in [-0.2, -0.15) is 0 Å². The van der Waals surface area contributed by atoms with Crippen LogP contribution in [0.25, 0.3) is 0 Å². The molecule has 5 nitrogen and oxygen atoms in total. The molecule has 0 radical (unpaired) electrons. The number of Topliss-reactive ketones (excluding diaryl/α,β-unsaturated/α-hetero) is 1. The van der Waals surface area contributed by atoms with Gasteiger partial charge in [0.25, 0.3) is 0 Å². The van der Waals surface area contributed by atoms with E-state index in [4.69, 9.17) is 16.3 Å². The molecule has 0 aliphatic rings. The number of nitrogens with zero attached hydrogens (tertiary/aromatic N) is 1. The molecule has 0 spiro atoms. The van der Waals surface area contributed by atoms with Crippen LogP contribution in [0.3, 0.4) is 0 Å². The Kier molecular flexibility index (Phi) is 4.55. The topological polar surface area (TPSA) is 69.4 Å². The van der Waals surface area contributed by atoms with E-state index in [0.29, 0.717) is 5.02 Å². The number of carbonyl (C=O) groups is 1. The molecule has 0 unspecified atom stereocenters. The molecule has 0 atom stereocenters. The molecule has 108 valence electrons. The van der Waals surface area contributed by atoms with Crippen molar-refractivity contribution >= 4 is 23.1 Å². The van der Waals surface area contributed by atoms with Crippen molar-refractivity contribution in [1.29, 1.82) is 0 Å². The zero-order valence-electron chi connectivity index (χ0n) is 11.2. The van der Waals surface area contributed by atoms with E-state index in [9.17, 15) is 14.9 Å². The molecule has 0 saturated heterocycles. The molecule has 6 heteroatoms. The predicted octanol–water partition coefficient (Wildman–Crippen LogP) is 3.68. The molecule has 0 amide bonds. The van der Waals surface area contributed by atoms with Crippen LogP contribution in [0.1, 0.15) is 15.9 Å². The van der Waals surface area contributed by atoms with Gasteiger partial charge in [-0.3, -0.25) is 14.9 Å². The van der Waals surface area contributed by atoms with Gasteiger partial charge in [0.1, 0.15) is 0 Å². The minimum Gasteiger partial charge on any atom is -0.490 e. The summed E-state index contributed by atoms with van der Waals surface area (Å²) in [6, 6.07) is 11.1. The van der Waals surface area contributed by atoms with E-state index in [0.717, 1.165) is 5.56 Å². The lowest BCUT2D eigenvalue weighted by atomic mass is 10.0. The first-order valence-electron chi connectivity index (χ1n) is 6.11. The summed E-state index contributed by atoms with van der Waals surface area (Å²) in [4.78, 5) is 22.6. The van der Waals surface area contributed by atoms with Gasteiger partial charge in [0, 0.05) is 23.1 Å². The summed E-state index contributed by atoms with van der Waals surface area (Å²) in [5, 5.41) is 11.5. The van der Waals surface area contributed by atoms with Crippen molar-refractivity contribution in [3.63, 3.8) is 0 Å². The summed E-state index contributed by atoms with van der Waals surface area (Å²) in [5.74, 6) is -0.0951. The Hall–Kier alpha value is -2.40. The first-order chi connectivity index (χ1) is 10.0. The number of carbonyl (C=O) groups excluding carboxylic acids is 1. The summed E-state index contributed by atoms with van der Waals surface area (Å²) in [5.41, 5.74) is 0.794. The van der Waals surface area contributed by atoms with Crippen LogP contribution in [0.2, 0.25) is 5.02 Å². The van der Waals surface area contributed by atoms with Crippen LogP contribution in [0.5, 0.6) is 5.75 Å². The fourth-order valence-corrected chi connectivity index (χ4v) is 2.15. The molecular weight excluding hydrogens is 294 g/mol. The highest BCUT2D eigenvalue weighted by Gasteiger charge is 2.18. The maximum atomic E-state index is 12.2. The summed E-state index contributed by atoms with van der Waals surface area (Å²) < 4.78 is 4.90. The molecule has 0 heterocycles. The monoisotopic (exact) mass is 305 g/mol. The Morgan fingerprint density at radius 1 is 1.29 bits per heavy atom. The number of benzene rings is 2. The number of rotatable bonds is 5. The Balaban J connectivity index is 2.27. The Morgan fingerprint density at radius 2 is 2.05 bits per heavy atom. The van der Waals surface area contributed by atoms with E-state index in [1.165, 1.54) is 25.3 Å². The molecule has 2 rings (SSSR count). The average Bonchev–Trinajstić information content (AvgIpc) is 2.46. The standard InChI is InChI=1S/C15H12ClNO4/c1-21-15-6-5-11(9-13(15)17(19)20)14(18)8-10-3-2-4-12(16)7-10/h2-7,9H,8H2,1H3. The van der Waals surface area contributed by atoms with Gasteiger partial charge in [0.15, 0.2) is 11.5 Å². The highest BCUT2D eigenvalue weighted by molar-refractivity contribution is 6.30. The minimum absolute atomic E-state index is 0.124. The zero-order valence-corrected chi connectivity index (χ0v) is 12.0. The molecule has 0 bridgehead atoms. The number of ether oxygens (including phenoxy) is 1. The van der Waals surface area contributed by atoms with Gasteiger partial charge in [-0.05, 0) is 29.8 Å². The number of hydrogen-bond acceptors (Lipinski definition) is 4. The van der Waals surface area contributed by atoms with E-state index in [-0.39, 0.29) is 29.2 Å². The minimum atomic E-state index is -0.574. The molecular formula is C15H12ClNO4. The second kappa shape index (κ2) is 6.37. The van der Waals surface area contributed by atoms with Crippen LogP contribution in [-0.4, -0.2) is 17.8 Å². The summed E-state index contributed by atoms with van der Waals surface area (Å²) in [7, 11) is 1.34. The summed E-state index contributed by atoms with van der Waals surface area (Å²) in [6.45, 7) is 0. The van der Waals surface area contributed by atoms with Crippen LogP contribution in [0.4, 0.5) is 5.69 Å². The lowest BCUT2D eigenvalue weighted by molar-refractivity contribution is -0.385. The second-order valence-electron chi connectivity index (χ2n) is 4.37. The van der Waals surface area contributed by atoms with Crippen LogP contribution in [0, 0.1) is 10.1 Å². The normalized spacial score (nSPS) is 10.2. The van der Waals surface area contributed by atoms with E-state index in [1.807, 2.05) is 0 Å². The lowest BCUT2D eigenvalue weighted by Crippen LogP contribution is -2.05. The van der Waals surface area contributed by atoms with E-state index >= 15 is 0 Å². The zero-order chi connectivity index (χ0) is 15.4. The fraction of sp³-hybridized carbons (Fsp3) is 0.133. The van der Waals surface area contributed by atoms with E-state index in [2.05, 4.69) is 0 Å². The Labute approximate surface area is 126 Å². The molecule has 0 aliphatic carbocycles. The van der Waals surface area contributed by atoms with Gasteiger partial charge in [-0.25, -0.2) is 0 Å². The van der Waals surface area contributed by atoms with Crippen molar-refractivity contribution in [2.24, 2.45) is 0 Å². The smallest absolute Gasteiger partial charge is 0.311 e. The average molecular weight is 306 g/mol. The lowest BCUT2D eigenvalue weighted by Gasteiger charge is -2.05. The Bertz CT molecular complexity index is 700. The van der Waals surface area contributed by atoms with E-state index < -0.39 is 4.92 Å². The maximum Gasteiger partial charge on any atom is 0.311 e. The third-order valence-electron chi connectivity index (χ3n) is 2.95. The first-order valence-corrected chi connectivity index (χ1v) is 6.49. The van der Waals surface area contributed by atoms with E-state index in [1.54, 1.807) is 24.3 Å². The van der Waals surface area contributed by atoms with Gasteiger partial charge in [-0.1, -0.05) is 23.7 Å². The van der Waals surface area contributed by atoms with Crippen LogP contribution >= 0.6 is 11.6 Å². The van der Waals surface area contributed by atoms with Crippen molar-refractivity contribution in [3.05, 3.63) is 68.7 Å². The molecule has 21 heavy (non-hydrogen) atoms. The number of nitro benzene ring substituents is 1. The van der Waals surface area contributed by atoms with Crippen molar-refractivity contribution in [1.82, 2.24) is 0 Å². The number of halogens is 1. The highest BCUT2D eigenvalue weighted by atomic mass is 35.5. The van der Waals surface area contributed by atoms with Gasteiger partial charge in [0.2, 0.25) is 0 Å². The molecule has 0 aromatic heterocycles. The second-order valence-corrected chi connectivity index (χ2v) is 4.81. The van der Waals surface area contributed by atoms with Crippen molar-refractivity contribution in [2.75, 3.05) is 7.11 Å². The van der Waals surface area contributed by atoms with Gasteiger partial charge in [-0.15, -0.1) is 0 Å². The molecule has 0 fully saturated rings. The first kappa shape index (κ1) is 15.0. The molecule has 0 N–H and O–H groups in total. The molecule has 2 aromatic carbocycles. The largest absolute Gasteiger partial charge is 0.490 e. The summed E-state index contributed by atoms with van der Waals surface area (Å²) in [6.07, 6.45) is 0.129. The predicted molar refractivity (Wildman–Crippen MR) is 79.1 cm³/mol. The number of nitro groups is 1. The Morgan fingerprint density at radius 3 is 2.67 bits per heavy atom. The SMILES string of the molecule is COc1ccc(C(=O)Cc2cccc(Cl)c2)cc1[N+](=O)[O-]. The van der Waals surface area contributed by atoms with Crippen LogP contribution in [-0.2, 0) is 6.42 Å². The van der Waals surface area contributed by atoms with Crippen molar-refractivity contribution in [3.8, 4) is 5.75 Å². The van der Waals surface area contributed by atoms with Crippen LogP contribution < -0.4 is 4.74 Å². The van der Waals surface area contributed by atoms with Gasteiger partial charge >= 0.3 is 5.69 Å². The third kappa shape index (κ3) is 3.58. The number of methoxy groups -OCH3 is 1. The van der Waals surface area contributed by atoms with Gasteiger partial charge in [0.05, 0.1) is 12.0 Å². The summed E-state index contributed by atoms with van der Waals surface area (Å²) >= 11 is 5.86. The maximum absolute atomic E-state index is 12.2. The van der Waals surface area contributed by atoms with Crippen molar-refractivity contribution < 1.29 is 14.5 Å².